The number of hydrogen-bond donors (Lipinski definition) is 2. The molecule has 3 aromatic heterocycles. The molecule has 4 heterocycles. The molecule has 1 amide bonds. The largest absolute Gasteiger partial charge is 0.352 e. The van der Waals surface area contributed by atoms with Gasteiger partial charge in [-0.3, -0.25) is 14.8 Å². The summed E-state index contributed by atoms with van der Waals surface area (Å²) in [6, 6.07) is 19.1. The molecule has 0 radical (unpaired) electrons. The number of nitrogens with one attached hydrogen (secondary N) is 2. The van der Waals surface area contributed by atoms with Crippen LogP contribution in [0.5, 0.6) is 0 Å². The molecule has 4 aromatic rings. The molecule has 0 aliphatic carbocycles. The van der Waals surface area contributed by atoms with E-state index >= 15 is 0 Å². The minimum atomic E-state index is -0.350. The van der Waals surface area contributed by atoms with Crippen molar-refractivity contribution in [3.63, 3.8) is 0 Å². The van der Waals surface area contributed by atoms with Gasteiger partial charge in [-0.25, -0.2) is 4.39 Å². The van der Waals surface area contributed by atoms with Crippen molar-refractivity contribution >= 4 is 28.9 Å². The van der Waals surface area contributed by atoms with E-state index in [1.807, 2.05) is 47.5 Å². The first-order valence-electron chi connectivity index (χ1n) is 11.2. The van der Waals surface area contributed by atoms with Crippen molar-refractivity contribution in [1.82, 2.24) is 24.8 Å². The molecule has 176 valence electrons. The van der Waals surface area contributed by atoms with Crippen molar-refractivity contribution < 1.29 is 9.18 Å². The summed E-state index contributed by atoms with van der Waals surface area (Å²) in [5.41, 5.74) is 3.40. The number of amides is 1. The average molecular weight is 487 g/mol. The molecule has 1 aliphatic heterocycles. The number of carbonyl (C=O) groups is 1. The molecule has 1 aromatic carbocycles. The Labute approximate surface area is 207 Å². The summed E-state index contributed by atoms with van der Waals surface area (Å²) in [7, 11) is 0. The molecule has 0 saturated carbocycles. The first-order chi connectivity index (χ1) is 17.1. The normalized spacial score (nSPS) is 17.3. The van der Waals surface area contributed by atoms with Gasteiger partial charge in [0.05, 0.1) is 17.8 Å². The Hall–Kier alpha value is -4.11. The number of aromatic nitrogens is 3. The number of thiocarbonyl (C=S) groups is 1. The van der Waals surface area contributed by atoms with E-state index in [-0.39, 0.29) is 30.2 Å². The van der Waals surface area contributed by atoms with E-state index in [0.29, 0.717) is 17.3 Å². The number of carbonyl (C=O) groups excluding carboxylic acids is 1. The highest BCUT2D eigenvalue weighted by molar-refractivity contribution is 7.80. The number of halogens is 1. The fourth-order valence-corrected chi connectivity index (χ4v) is 4.65. The Morgan fingerprint density at radius 1 is 1.03 bits per heavy atom. The minimum absolute atomic E-state index is 0.177. The molecule has 0 unspecified atom stereocenters. The van der Waals surface area contributed by atoms with E-state index in [1.54, 1.807) is 18.6 Å². The lowest BCUT2D eigenvalue weighted by Gasteiger charge is -2.28. The Morgan fingerprint density at radius 2 is 1.83 bits per heavy atom. The Bertz CT molecular complexity index is 1310. The number of pyridine rings is 2. The average Bonchev–Trinajstić information content (AvgIpc) is 3.49. The Balaban J connectivity index is 1.42. The van der Waals surface area contributed by atoms with Crippen LogP contribution in [-0.4, -0.2) is 37.0 Å². The van der Waals surface area contributed by atoms with E-state index in [0.717, 1.165) is 17.1 Å². The lowest BCUT2D eigenvalue weighted by Crippen LogP contribution is -2.33. The highest BCUT2D eigenvalue weighted by Gasteiger charge is 2.41. The summed E-state index contributed by atoms with van der Waals surface area (Å²) in [6.45, 7) is 0.397. The zero-order valence-electron chi connectivity index (χ0n) is 18.7. The minimum Gasteiger partial charge on any atom is -0.352 e. The number of nitrogens with zero attached hydrogens (tertiary/aromatic N) is 4. The molecule has 5 rings (SSSR count). The monoisotopic (exact) mass is 486 g/mol. The molecule has 7 nitrogen and oxygen atoms in total. The molecule has 2 atom stereocenters. The second kappa shape index (κ2) is 10.0. The highest BCUT2D eigenvalue weighted by Crippen LogP contribution is 2.39. The van der Waals surface area contributed by atoms with Gasteiger partial charge in [0.2, 0.25) is 5.91 Å². The van der Waals surface area contributed by atoms with Crippen molar-refractivity contribution in [2.45, 2.75) is 18.5 Å². The van der Waals surface area contributed by atoms with Crippen LogP contribution < -0.4 is 10.6 Å². The number of rotatable bonds is 7. The van der Waals surface area contributed by atoms with Gasteiger partial charge in [-0.1, -0.05) is 6.07 Å². The number of benzene rings is 1. The molecular formula is C26H23FN6OS. The van der Waals surface area contributed by atoms with Crippen molar-refractivity contribution in [3.05, 3.63) is 109 Å². The zero-order valence-corrected chi connectivity index (χ0v) is 19.5. The van der Waals surface area contributed by atoms with Gasteiger partial charge in [-0.05, 0) is 72.9 Å². The molecule has 1 aliphatic rings. The quantitative estimate of drug-likeness (QED) is 0.377. The van der Waals surface area contributed by atoms with Crippen LogP contribution in [-0.2, 0) is 4.79 Å². The van der Waals surface area contributed by atoms with Crippen LogP contribution in [0.3, 0.4) is 0 Å². The standard InChI is InChI=1S/C26H23FN6OS/c27-18-6-8-19(9-7-18)30-23(34)12-17-33-25(24(31-26(33)35)21-4-1-2-13-29-21)22-5-3-16-32(22)20-10-14-28-15-11-20/h1-11,13-16,24-25H,12,17H2,(H,30,34)(H,31,35)/t24-,25-/m0/s1. The maximum Gasteiger partial charge on any atom is 0.226 e. The van der Waals surface area contributed by atoms with Crippen LogP contribution in [0.15, 0.2) is 91.5 Å². The molecule has 0 spiro atoms. The third kappa shape index (κ3) is 4.90. The third-order valence-electron chi connectivity index (χ3n) is 5.93. The topological polar surface area (TPSA) is 75.1 Å². The van der Waals surface area contributed by atoms with Gasteiger partial charge in [-0.2, -0.15) is 0 Å². The fourth-order valence-electron chi connectivity index (χ4n) is 4.32. The maximum atomic E-state index is 13.2. The fraction of sp³-hybridized carbons (Fsp3) is 0.154. The van der Waals surface area contributed by atoms with E-state index in [1.165, 1.54) is 24.3 Å². The molecular weight excluding hydrogens is 463 g/mol. The number of anilines is 1. The molecule has 1 saturated heterocycles. The van der Waals surface area contributed by atoms with Gasteiger partial charge < -0.3 is 20.1 Å². The smallest absolute Gasteiger partial charge is 0.226 e. The first-order valence-corrected chi connectivity index (χ1v) is 11.6. The van der Waals surface area contributed by atoms with Crippen LogP contribution in [0, 0.1) is 5.82 Å². The van der Waals surface area contributed by atoms with Crippen molar-refractivity contribution in [2.75, 3.05) is 11.9 Å². The van der Waals surface area contributed by atoms with Crippen molar-refractivity contribution in [1.29, 1.82) is 0 Å². The highest BCUT2D eigenvalue weighted by atomic mass is 32.1. The summed E-state index contributed by atoms with van der Waals surface area (Å²) < 4.78 is 15.3. The maximum absolute atomic E-state index is 13.2. The Morgan fingerprint density at radius 3 is 2.57 bits per heavy atom. The lowest BCUT2D eigenvalue weighted by atomic mass is 10.0. The van der Waals surface area contributed by atoms with Crippen LogP contribution in [0.4, 0.5) is 10.1 Å². The van der Waals surface area contributed by atoms with Gasteiger partial charge in [0.15, 0.2) is 5.11 Å². The van der Waals surface area contributed by atoms with Crippen LogP contribution in [0.1, 0.15) is 29.9 Å². The summed E-state index contributed by atoms with van der Waals surface area (Å²) >= 11 is 5.72. The SMILES string of the molecule is O=C(CCN1C(=S)N[C@@H](c2ccccn2)[C@@H]1c1cccn1-c1ccncc1)Nc1ccc(F)cc1. The van der Waals surface area contributed by atoms with Crippen molar-refractivity contribution in [2.24, 2.45) is 0 Å². The molecule has 2 N–H and O–H groups in total. The molecule has 35 heavy (non-hydrogen) atoms. The van der Waals surface area contributed by atoms with Gasteiger partial charge >= 0.3 is 0 Å². The van der Waals surface area contributed by atoms with Gasteiger partial charge in [0.25, 0.3) is 0 Å². The lowest BCUT2D eigenvalue weighted by molar-refractivity contribution is -0.116. The third-order valence-corrected chi connectivity index (χ3v) is 6.28. The van der Waals surface area contributed by atoms with Crippen LogP contribution in [0.2, 0.25) is 0 Å². The predicted molar refractivity (Wildman–Crippen MR) is 135 cm³/mol. The molecule has 9 heteroatoms. The predicted octanol–water partition coefficient (Wildman–Crippen LogP) is 4.41. The van der Waals surface area contributed by atoms with Gasteiger partial charge in [0.1, 0.15) is 5.82 Å². The van der Waals surface area contributed by atoms with Crippen LogP contribution in [0.25, 0.3) is 5.69 Å². The van der Waals surface area contributed by atoms with E-state index in [9.17, 15) is 9.18 Å². The van der Waals surface area contributed by atoms with E-state index in [4.69, 9.17) is 12.2 Å². The van der Waals surface area contributed by atoms with Gasteiger partial charge in [-0.15, -0.1) is 0 Å². The first kappa shape index (κ1) is 22.7. The Kier molecular flexibility index (Phi) is 6.49. The summed E-state index contributed by atoms with van der Waals surface area (Å²) in [5, 5.41) is 6.79. The van der Waals surface area contributed by atoms with Crippen LogP contribution >= 0.6 is 12.2 Å². The van der Waals surface area contributed by atoms with Gasteiger partial charge in [0, 0.05) is 54.8 Å². The molecule has 0 bridgehead atoms. The van der Waals surface area contributed by atoms with Crippen molar-refractivity contribution in [3.8, 4) is 5.69 Å². The summed E-state index contributed by atoms with van der Waals surface area (Å²) in [4.78, 5) is 23.4. The summed E-state index contributed by atoms with van der Waals surface area (Å²) in [5.74, 6) is -0.527. The molecule has 1 fully saturated rings. The second-order valence-corrected chi connectivity index (χ2v) is 8.52. The summed E-state index contributed by atoms with van der Waals surface area (Å²) in [6.07, 6.45) is 7.48. The van der Waals surface area contributed by atoms with E-state index < -0.39 is 0 Å². The zero-order chi connectivity index (χ0) is 24.2. The second-order valence-electron chi connectivity index (χ2n) is 8.13. The van der Waals surface area contributed by atoms with E-state index in [2.05, 4.69) is 31.2 Å². The number of hydrogen-bond acceptors (Lipinski definition) is 4.